The zero-order valence-electron chi connectivity index (χ0n) is 7.42. The lowest BCUT2D eigenvalue weighted by Crippen LogP contribution is -2.02. The normalized spacial score (nSPS) is 12.1. The number of nitrogens with zero attached hydrogens (tertiary/aromatic N) is 1. The minimum Gasteiger partial charge on any atom is -0.500 e. The van der Waals surface area contributed by atoms with E-state index in [4.69, 9.17) is 4.74 Å². The quantitative estimate of drug-likeness (QED) is 0.372. The molecular weight excluding hydrogens is 140 g/mol. The molecule has 0 heterocycles. The van der Waals surface area contributed by atoms with Crippen LogP contribution in [0.2, 0.25) is 0 Å². The van der Waals surface area contributed by atoms with E-state index in [0.717, 1.165) is 18.7 Å². The van der Waals surface area contributed by atoms with Gasteiger partial charge in [-0.3, -0.25) is 4.99 Å². The average molecular weight is 156 g/mol. The van der Waals surface area contributed by atoms with Gasteiger partial charge in [0.25, 0.3) is 0 Å². The zero-order chi connectivity index (χ0) is 8.53. The van der Waals surface area contributed by atoms with Gasteiger partial charge in [0.05, 0.1) is 13.4 Å². The van der Waals surface area contributed by atoms with Gasteiger partial charge >= 0.3 is 0 Å². The summed E-state index contributed by atoms with van der Waals surface area (Å²) < 4.78 is 4.89. The third-order valence-corrected chi connectivity index (χ3v) is 1.13. The van der Waals surface area contributed by atoms with E-state index in [1.165, 1.54) is 0 Å². The number of hydrogen-bond acceptors (Lipinski definition) is 2. The van der Waals surface area contributed by atoms with Crippen LogP contribution in [0.15, 0.2) is 17.0 Å². The molecule has 0 unspecified atom stereocenters. The number of methoxy groups -OCH3 is 1. The van der Waals surface area contributed by atoms with Crippen LogP contribution in [0.3, 0.4) is 0 Å². The van der Waals surface area contributed by atoms with Crippen LogP contribution >= 0.6 is 0 Å². The number of aliphatic imine (C=N–C) groups is 1. The molecule has 0 amide bonds. The summed E-state index contributed by atoms with van der Waals surface area (Å²) in [6.07, 6.45) is 4.51. The Labute approximate surface area is 68.2 Å². The molecule has 64 valence electrons. The van der Waals surface area contributed by atoms with Crippen molar-refractivity contribution < 1.29 is 4.74 Å². The van der Waals surface area contributed by atoms with Gasteiger partial charge in [0.15, 0.2) is 0 Å². The van der Waals surface area contributed by atoms with E-state index >= 15 is 0 Å². The summed E-state index contributed by atoms with van der Waals surface area (Å²) in [7, 11) is 1.64. The summed E-state index contributed by atoms with van der Waals surface area (Å²) in [5, 5.41) is 2.89. The van der Waals surface area contributed by atoms with Crippen LogP contribution in [-0.4, -0.2) is 20.0 Å². The van der Waals surface area contributed by atoms with Crippen LogP contribution in [0.1, 0.15) is 20.3 Å². The molecule has 0 aliphatic rings. The van der Waals surface area contributed by atoms with Crippen LogP contribution in [0.4, 0.5) is 0 Å². The molecule has 3 heteroatoms. The van der Waals surface area contributed by atoms with Crippen molar-refractivity contribution in [2.75, 3.05) is 13.7 Å². The third-order valence-electron chi connectivity index (χ3n) is 1.13. The maximum Gasteiger partial charge on any atom is 0.108 e. The molecule has 0 spiro atoms. The summed E-state index contributed by atoms with van der Waals surface area (Å²) in [4.78, 5) is 4.06. The van der Waals surface area contributed by atoms with Crippen LogP contribution in [0.5, 0.6) is 0 Å². The summed E-state index contributed by atoms with van der Waals surface area (Å²) in [6, 6.07) is 0. The predicted octanol–water partition coefficient (Wildman–Crippen LogP) is 1.52. The molecule has 0 aliphatic heterocycles. The number of hydrogen-bond donors (Lipinski definition) is 1. The molecular formula is C8H16N2O. The Hall–Kier alpha value is -0.990. The lowest BCUT2D eigenvalue weighted by atomic mass is 10.5. The largest absolute Gasteiger partial charge is 0.500 e. The average Bonchev–Trinajstić information content (AvgIpc) is 2.04. The second kappa shape index (κ2) is 7.12. The fraction of sp³-hybridized carbons (Fsp3) is 0.625. The standard InChI is InChI=1S/C8H16N2O/c1-4-5-9-7-10-6-8(2)11-3/h6-7H,4-5H2,1-3H3,(H,9,10)/b8-6-. The summed E-state index contributed by atoms with van der Waals surface area (Å²) in [6.45, 7) is 4.83. The molecule has 0 radical (unpaired) electrons. The SMILES string of the molecule is CCCN=CN/C=C(/C)OC. The van der Waals surface area contributed by atoms with Gasteiger partial charge in [0.2, 0.25) is 0 Å². The Kier molecular flexibility index (Phi) is 6.48. The van der Waals surface area contributed by atoms with Gasteiger partial charge in [-0.15, -0.1) is 0 Å². The lowest BCUT2D eigenvalue weighted by Gasteiger charge is -1.96. The first kappa shape index (κ1) is 10.0. The van der Waals surface area contributed by atoms with Crippen molar-refractivity contribution in [3.8, 4) is 0 Å². The van der Waals surface area contributed by atoms with E-state index in [-0.39, 0.29) is 0 Å². The van der Waals surface area contributed by atoms with Gasteiger partial charge < -0.3 is 10.1 Å². The summed E-state index contributed by atoms with van der Waals surface area (Å²) >= 11 is 0. The number of ether oxygens (including phenoxy) is 1. The first-order valence-corrected chi connectivity index (χ1v) is 3.76. The monoisotopic (exact) mass is 156 g/mol. The van der Waals surface area contributed by atoms with Crippen molar-refractivity contribution in [2.45, 2.75) is 20.3 Å². The minimum atomic E-state index is 0.841. The lowest BCUT2D eigenvalue weighted by molar-refractivity contribution is 0.292. The van der Waals surface area contributed by atoms with E-state index in [1.807, 2.05) is 6.92 Å². The fourth-order valence-electron chi connectivity index (χ4n) is 0.460. The molecule has 3 nitrogen and oxygen atoms in total. The molecule has 0 saturated carbocycles. The van der Waals surface area contributed by atoms with E-state index < -0.39 is 0 Å². The Bertz CT molecular complexity index is 141. The molecule has 0 fully saturated rings. The molecule has 11 heavy (non-hydrogen) atoms. The maximum atomic E-state index is 4.89. The van der Waals surface area contributed by atoms with Crippen molar-refractivity contribution in [2.24, 2.45) is 4.99 Å². The first-order valence-electron chi connectivity index (χ1n) is 3.76. The van der Waals surface area contributed by atoms with Gasteiger partial charge in [-0.25, -0.2) is 0 Å². The van der Waals surface area contributed by atoms with Gasteiger partial charge in [-0.1, -0.05) is 6.92 Å². The van der Waals surface area contributed by atoms with Gasteiger partial charge in [-0.05, 0) is 13.3 Å². The van der Waals surface area contributed by atoms with Crippen molar-refractivity contribution >= 4 is 6.34 Å². The second-order valence-electron chi connectivity index (χ2n) is 2.16. The van der Waals surface area contributed by atoms with Crippen LogP contribution in [-0.2, 0) is 4.74 Å². The highest BCUT2D eigenvalue weighted by atomic mass is 16.5. The van der Waals surface area contributed by atoms with Crippen molar-refractivity contribution in [1.29, 1.82) is 0 Å². The predicted molar refractivity (Wildman–Crippen MR) is 47.6 cm³/mol. The highest BCUT2D eigenvalue weighted by Crippen LogP contribution is 1.86. The summed E-state index contributed by atoms with van der Waals surface area (Å²) in [5.74, 6) is 0.841. The molecule has 0 aromatic rings. The first-order chi connectivity index (χ1) is 5.31. The second-order valence-corrected chi connectivity index (χ2v) is 2.16. The minimum absolute atomic E-state index is 0.841. The van der Waals surface area contributed by atoms with E-state index in [2.05, 4.69) is 17.2 Å². The topological polar surface area (TPSA) is 33.6 Å². The molecule has 0 aromatic heterocycles. The number of nitrogens with one attached hydrogen (secondary N) is 1. The van der Waals surface area contributed by atoms with Gasteiger partial charge in [0.1, 0.15) is 5.76 Å². The molecule has 0 aromatic carbocycles. The maximum absolute atomic E-state index is 4.89. The highest BCUT2D eigenvalue weighted by Gasteiger charge is 1.78. The van der Waals surface area contributed by atoms with E-state index in [1.54, 1.807) is 19.6 Å². The molecule has 0 saturated heterocycles. The zero-order valence-corrected chi connectivity index (χ0v) is 7.42. The molecule has 1 N–H and O–H groups in total. The highest BCUT2D eigenvalue weighted by molar-refractivity contribution is 5.55. The Morgan fingerprint density at radius 1 is 1.64 bits per heavy atom. The van der Waals surface area contributed by atoms with Gasteiger partial charge in [-0.2, -0.15) is 0 Å². The van der Waals surface area contributed by atoms with Crippen molar-refractivity contribution in [3.63, 3.8) is 0 Å². The van der Waals surface area contributed by atoms with Crippen molar-refractivity contribution in [3.05, 3.63) is 12.0 Å². The fourth-order valence-corrected chi connectivity index (χ4v) is 0.460. The Balaban J connectivity index is 3.39. The Morgan fingerprint density at radius 2 is 2.36 bits per heavy atom. The van der Waals surface area contributed by atoms with Crippen LogP contribution in [0, 0.1) is 0 Å². The van der Waals surface area contributed by atoms with Gasteiger partial charge in [0, 0.05) is 12.7 Å². The smallest absolute Gasteiger partial charge is 0.108 e. The third kappa shape index (κ3) is 6.90. The number of rotatable bonds is 5. The van der Waals surface area contributed by atoms with E-state index in [9.17, 15) is 0 Å². The summed E-state index contributed by atoms with van der Waals surface area (Å²) in [5.41, 5.74) is 0. The molecule has 0 aliphatic carbocycles. The molecule has 0 atom stereocenters. The molecule has 0 bridgehead atoms. The van der Waals surface area contributed by atoms with Crippen molar-refractivity contribution in [1.82, 2.24) is 5.32 Å². The number of allylic oxidation sites excluding steroid dienone is 1. The van der Waals surface area contributed by atoms with E-state index in [0.29, 0.717) is 0 Å². The Morgan fingerprint density at radius 3 is 2.91 bits per heavy atom. The van der Waals surface area contributed by atoms with Crippen LogP contribution < -0.4 is 5.32 Å². The molecule has 0 rings (SSSR count). The van der Waals surface area contributed by atoms with Crippen LogP contribution in [0.25, 0.3) is 0 Å².